The van der Waals surface area contributed by atoms with Gasteiger partial charge >= 0.3 is 0 Å². The molecule has 0 spiro atoms. The minimum Gasteiger partial charge on any atom is -0.492 e. The first-order valence-corrected chi connectivity index (χ1v) is 12.1. The molecule has 4 rings (SSSR count). The molecule has 1 atom stereocenters. The molecule has 0 radical (unpaired) electrons. The van der Waals surface area contributed by atoms with Gasteiger partial charge in [0.25, 0.3) is 0 Å². The third-order valence-corrected chi connectivity index (χ3v) is 6.94. The fraction of sp³-hybridized carbons (Fsp3) is 0.400. The van der Waals surface area contributed by atoms with Crippen molar-refractivity contribution < 1.29 is 4.74 Å². The Morgan fingerprint density at radius 1 is 0.938 bits per heavy atom. The lowest BCUT2D eigenvalue weighted by atomic mass is 9.86. The number of benzene rings is 3. The molecule has 168 valence electrons. The Morgan fingerprint density at radius 3 is 2.31 bits per heavy atom. The van der Waals surface area contributed by atoms with Crippen LogP contribution in [-0.4, -0.2) is 6.61 Å². The Morgan fingerprint density at radius 2 is 1.66 bits per heavy atom. The molecule has 1 unspecified atom stereocenters. The summed E-state index contributed by atoms with van der Waals surface area (Å²) in [6, 6.07) is 19.8. The van der Waals surface area contributed by atoms with Crippen LogP contribution in [0.4, 0.5) is 5.69 Å². The van der Waals surface area contributed by atoms with Crippen LogP contribution in [0.3, 0.4) is 0 Å². The summed E-state index contributed by atoms with van der Waals surface area (Å²) >= 11 is 0. The monoisotopic (exact) mass is 427 g/mol. The van der Waals surface area contributed by atoms with Crippen molar-refractivity contribution >= 4 is 5.69 Å². The summed E-state index contributed by atoms with van der Waals surface area (Å²) in [6.07, 6.45) is 3.27. The Labute approximate surface area is 194 Å². The van der Waals surface area contributed by atoms with Gasteiger partial charge in [-0.1, -0.05) is 81.8 Å². The number of fused-ring (bicyclic) bond motifs is 1. The molecule has 0 bridgehead atoms. The van der Waals surface area contributed by atoms with Gasteiger partial charge in [0.1, 0.15) is 5.75 Å². The van der Waals surface area contributed by atoms with E-state index in [-0.39, 0.29) is 0 Å². The molecule has 0 aliphatic carbocycles. The number of nitrogens with one attached hydrogen (secondary N) is 1. The molecule has 2 heteroatoms. The summed E-state index contributed by atoms with van der Waals surface area (Å²) in [5.41, 5.74) is 10.8. The lowest BCUT2D eigenvalue weighted by molar-refractivity contribution is 0.322. The summed E-state index contributed by atoms with van der Waals surface area (Å²) in [5.74, 6) is 2.20. The van der Waals surface area contributed by atoms with Gasteiger partial charge in [-0.3, -0.25) is 0 Å². The van der Waals surface area contributed by atoms with E-state index in [9.17, 15) is 0 Å². The first-order chi connectivity index (χ1) is 15.5. The van der Waals surface area contributed by atoms with Gasteiger partial charge in [0.05, 0.1) is 6.61 Å². The Bertz CT molecular complexity index is 1050. The van der Waals surface area contributed by atoms with Crippen LogP contribution < -0.4 is 10.1 Å². The van der Waals surface area contributed by atoms with Crippen LogP contribution in [0.25, 0.3) is 0 Å². The van der Waals surface area contributed by atoms with Crippen LogP contribution in [0.5, 0.6) is 5.75 Å². The average molecular weight is 428 g/mol. The van der Waals surface area contributed by atoms with Crippen molar-refractivity contribution in [2.24, 2.45) is 0 Å². The van der Waals surface area contributed by atoms with E-state index in [1.165, 1.54) is 57.5 Å². The zero-order valence-electron chi connectivity index (χ0n) is 20.3. The topological polar surface area (TPSA) is 21.3 Å². The molecule has 0 aromatic heterocycles. The third-order valence-electron chi connectivity index (χ3n) is 6.94. The maximum absolute atomic E-state index is 6.38. The molecule has 3 aromatic carbocycles. The number of rotatable bonds is 8. The molecule has 0 fully saturated rings. The van der Waals surface area contributed by atoms with Crippen molar-refractivity contribution in [1.29, 1.82) is 0 Å². The first-order valence-electron chi connectivity index (χ1n) is 12.1. The maximum Gasteiger partial charge on any atom is 0.127 e. The Balaban J connectivity index is 1.72. The van der Waals surface area contributed by atoms with Crippen molar-refractivity contribution in [2.45, 2.75) is 72.3 Å². The maximum atomic E-state index is 6.38. The lowest BCUT2D eigenvalue weighted by Crippen LogP contribution is -2.08. The summed E-state index contributed by atoms with van der Waals surface area (Å²) in [6.45, 7) is 12.9. The molecule has 3 aromatic rings. The molecule has 0 saturated carbocycles. The zero-order chi connectivity index (χ0) is 22.7. The summed E-state index contributed by atoms with van der Waals surface area (Å²) in [7, 11) is 0. The lowest BCUT2D eigenvalue weighted by Gasteiger charge is -2.22. The van der Waals surface area contributed by atoms with Crippen molar-refractivity contribution in [3.05, 3.63) is 93.5 Å². The van der Waals surface area contributed by atoms with E-state index < -0.39 is 0 Å². The third kappa shape index (κ3) is 4.55. The second-order valence-corrected chi connectivity index (χ2v) is 9.56. The highest BCUT2D eigenvalue weighted by molar-refractivity contribution is 5.70. The zero-order valence-corrected chi connectivity index (χ0v) is 20.3. The van der Waals surface area contributed by atoms with E-state index in [0.29, 0.717) is 11.8 Å². The standard InChI is InChI=1S/C30H37NO/c1-6-10-26-19-32-30-27(17-23-13-15-25(16-14-23)20(2)3)21(4)29(22(5)28(26)30)31-18-24-11-8-7-9-12-24/h7-9,11-16,20,26,31H,6,10,17-19H2,1-5H3. The van der Waals surface area contributed by atoms with Gasteiger partial charge in [0.15, 0.2) is 0 Å². The molecular formula is C30H37NO. The molecule has 2 nitrogen and oxygen atoms in total. The van der Waals surface area contributed by atoms with Crippen LogP contribution in [0.2, 0.25) is 0 Å². The normalized spacial score (nSPS) is 15.0. The van der Waals surface area contributed by atoms with Gasteiger partial charge < -0.3 is 10.1 Å². The van der Waals surface area contributed by atoms with E-state index in [0.717, 1.165) is 25.3 Å². The van der Waals surface area contributed by atoms with Gasteiger partial charge in [0.2, 0.25) is 0 Å². The van der Waals surface area contributed by atoms with Crippen LogP contribution in [0.1, 0.15) is 84.4 Å². The summed E-state index contributed by atoms with van der Waals surface area (Å²) in [4.78, 5) is 0. The highest BCUT2D eigenvalue weighted by Gasteiger charge is 2.31. The number of hydrogen-bond donors (Lipinski definition) is 1. The van der Waals surface area contributed by atoms with Gasteiger partial charge in [-0.15, -0.1) is 0 Å². The second kappa shape index (κ2) is 9.81. The van der Waals surface area contributed by atoms with E-state index in [4.69, 9.17) is 4.74 Å². The summed E-state index contributed by atoms with van der Waals surface area (Å²) < 4.78 is 6.38. The van der Waals surface area contributed by atoms with E-state index in [1.807, 2.05) is 0 Å². The van der Waals surface area contributed by atoms with Gasteiger partial charge in [0, 0.05) is 35.7 Å². The van der Waals surface area contributed by atoms with E-state index in [2.05, 4.69) is 94.5 Å². The van der Waals surface area contributed by atoms with Gasteiger partial charge in [-0.25, -0.2) is 0 Å². The molecule has 32 heavy (non-hydrogen) atoms. The van der Waals surface area contributed by atoms with E-state index >= 15 is 0 Å². The fourth-order valence-corrected chi connectivity index (χ4v) is 5.06. The SMILES string of the molecule is CCCC1COc2c(Cc3ccc(C(C)C)cc3)c(C)c(NCc3ccccc3)c(C)c21. The summed E-state index contributed by atoms with van der Waals surface area (Å²) in [5, 5.41) is 3.78. The highest BCUT2D eigenvalue weighted by Crippen LogP contribution is 2.47. The van der Waals surface area contributed by atoms with Crippen molar-refractivity contribution in [3.63, 3.8) is 0 Å². The smallest absolute Gasteiger partial charge is 0.127 e. The predicted molar refractivity (Wildman–Crippen MR) is 136 cm³/mol. The molecule has 1 heterocycles. The highest BCUT2D eigenvalue weighted by atomic mass is 16.5. The largest absolute Gasteiger partial charge is 0.492 e. The van der Waals surface area contributed by atoms with Gasteiger partial charge in [-0.2, -0.15) is 0 Å². The van der Waals surface area contributed by atoms with Crippen LogP contribution >= 0.6 is 0 Å². The quantitative estimate of drug-likeness (QED) is 0.394. The van der Waals surface area contributed by atoms with Crippen LogP contribution in [0.15, 0.2) is 54.6 Å². The van der Waals surface area contributed by atoms with Crippen molar-refractivity contribution in [1.82, 2.24) is 0 Å². The molecule has 1 aliphatic rings. The van der Waals surface area contributed by atoms with E-state index in [1.54, 1.807) is 0 Å². The number of ether oxygens (including phenoxy) is 1. The molecule has 0 saturated heterocycles. The average Bonchev–Trinajstić information content (AvgIpc) is 3.21. The van der Waals surface area contributed by atoms with Crippen molar-refractivity contribution in [3.8, 4) is 5.75 Å². The molecular weight excluding hydrogens is 390 g/mol. The second-order valence-electron chi connectivity index (χ2n) is 9.56. The minimum absolute atomic E-state index is 0.495. The predicted octanol–water partition coefficient (Wildman–Crippen LogP) is 7.91. The Kier molecular flexibility index (Phi) is 6.89. The molecule has 0 amide bonds. The minimum atomic E-state index is 0.495. The fourth-order valence-electron chi connectivity index (χ4n) is 5.06. The van der Waals surface area contributed by atoms with Gasteiger partial charge in [-0.05, 0) is 54.0 Å². The first kappa shape index (κ1) is 22.5. The number of anilines is 1. The molecule has 1 aliphatic heterocycles. The van der Waals surface area contributed by atoms with Crippen LogP contribution in [0, 0.1) is 13.8 Å². The van der Waals surface area contributed by atoms with Crippen molar-refractivity contribution in [2.75, 3.05) is 11.9 Å². The van der Waals surface area contributed by atoms with Crippen LogP contribution in [-0.2, 0) is 13.0 Å². The Hall–Kier alpha value is -2.74. The number of hydrogen-bond acceptors (Lipinski definition) is 2. The molecule has 1 N–H and O–H groups in total.